The molecule has 0 heterocycles. The fraction of sp³-hybridized carbons (Fsp3) is 0.278. The number of methoxy groups -OCH3 is 1. The molecule has 0 unspecified atom stereocenters. The average Bonchev–Trinajstić information content (AvgIpc) is 2.57. The van der Waals surface area contributed by atoms with Crippen molar-refractivity contribution in [3.63, 3.8) is 0 Å². The van der Waals surface area contributed by atoms with Gasteiger partial charge in [0, 0.05) is 23.0 Å². The van der Waals surface area contributed by atoms with Crippen molar-refractivity contribution < 1.29 is 9.53 Å². The Morgan fingerprint density at radius 3 is 2.67 bits per heavy atom. The molecule has 0 aliphatic heterocycles. The topological polar surface area (TPSA) is 50.4 Å². The summed E-state index contributed by atoms with van der Waals surface area (Å²) < 4.78 is 5.21. The Morgan fingerprint density at radius 1 is 1.12 bits per heavy atom. The molecule has 2 aromatic carbocycles. The molecular weight excluding hydrogens is 347 g/mol. The molecule has 0 aliphatic carbocycles. The van der Waals surface area contributed by atoms with Gasteiger partial charge in [-0.2, -0.15) is 0 Å². The lowest BCUT2D eigenvalue weighted by molar-refractivity contribution is -0.116. The molecule has 0 fully saturated rings. The second kappa shape index (κ2) is 9.52. The van der Waals surface area contributed by atoms with Crippen molar-refractivity contribution in [2.75, 3.05) is 25.5 Å². The number of hydrogen-bond donors (Lipinski definition) is 2. The summed E-state index contributed by atoms with van der Waals surface area (Å²) in [5.41, 5.74) is 1.71. The largest absolute Gasteiger partial charge is 0.495 e. The second-order valence-corrected chi connectivity index (χ2v) is 6.08. The number of hydrogen-bond acceptors (Lipinski definition) is 3. The van der Waals surface area contributed by atoms with Crippen LogP contribution in [0.3, 0.4) is 0 Å². The van der Waals surface area contributed by atoms with Gasteiger partial charge in [-0.1, -0.05) is 41.4 Å². The third-order valence-corrected chi connectivity index (χ3v) is 4.08. The van der Waals surface area contributed by atoms with Crippen LogP contribution < -0.4 is 15.4 Å². The van der Waals surface area contributed by atoms with E-state index in [-0.39, 0.29) is 5.91 Å². The van der Waals surface area contributed by atoms with Gasteiger partial charge in [0.2, 0.25) is 5.91 Å². The van der Waals surface area contributed by atoms with E-state index in [0.29, 0.717) is 34.4 Å². The van der Waals surface area contributed by atoms with E-state index in [1.54, 1.807) is 13.2 Å². The maximum atomic E-state index is 12.0. The van der Waals surface area contributed by atoms with E-state index in [4.69, 9.17) is 27.9 Å². The molecule has 0 spiro atoms. The molecule has 0 atom stereocenters. The predicted molar refractivity (Wildman–Crippen MR) is 99.3 cm³/mol. The Morgan fingerprint density at radius 2 is 1.92 bits per heavy atom. The van der Waals surface area contributed by atoms with Crippen LogP contribution in [0, 0.1) is 0 Å². The summed E-state index contributed by atoms with van der Waals surface area (Å²) in [6.45, 7) is 1.33. The number of anilines is 1. The first-order chi connectivity index (χ1) is 11.6. The highest BCUT2D eigenvalue weighted by molar-refractivity contribution is 6.35. The normalized spacial score (nSPS) is 10.5. The number of amides is 1. The predicted octanol–water partition coefficient (Wildman–Crippen LogP) is 4.16. The van der Waals surface area contributed by atoms with E-state index in [0.717, 1.165) is 18.5 Å². The van der Waals surface area contributed by atoms with Crippen LogP contribution >= 0.6 is 23.2 Å². The highest BCUT2D eigenvalue weighted by atomic mass is 35.5. The van der Waals surface area contributed by atoms with Gasteiger partial charge in [-0.3, -0.25) is 4.79 Å². The van der Waals surface area contributed by atoms with Crippen LogP contribution in [0.4, 0.5) is 5.69 Å². The molecule has 2 aromatic rings. The minimum Gasteiger partial charge on any atom is -0.495 e. The summed E-state index contributed by atoms with van der Waals surface area (Å²) in [4.78, 5) is 12.0. The van der Waals surface area contributed by atoms with Gasteiger partial charge in [0.25, 0.3) is 0 Å². The second-order valence-electron chi connectivity index (χ2n) is 5.23. The summed E-state index contributed by atoms with van der Waals surface area (Å²) in [6, 6.07) is 12.8. The molecule has 1 amide bonds. The lowest BCUT2D eigenvalue weighted by Gasteiger charge is -2.10. The molecule has 128 valence electrons. The number of ether oxygens (including phenoxy) is 1. The van der Waals surface area contributed by atoms with E-state index < -0.39 is 0 Å². The summed E-state index contributed by atoms with van der Waals surface area (Å²) >= 11 is 12.0. The standard InChI is InChI=1S/C18H20Cl2N2O2/c1-24-17-5-3-2-4-16(17)22-18(23)9-11-21-10-8-13-6-7-14(19)12-15(13)20/h2-7,12,21H,8-11H2,1H3,(H,22,23). The zero-order valence-corrected chi connectivity index (χ0v) is 15.0. The van der Waals surface area contributed by atoms with Crippen molar-refractivity contribution in [1.82, 2.24) is 5.32 Å². The van der Waals surface area contributed by atoms with Crippen LogP contribution in [0.2, 0.25) is 10.0 Å². The van der Waals surface area contributed by atoms with Crippen LogP contribution in [0.25, 0.3) is 0 Å². The van der Waals surface area contributed by atoms with E-state index in [1.807, 2.05) is 36.4 Å². The van der Waals surface area contributed by atoms with Crippen LogP contribution in [0.1, 0.15) is 12.0 Å². The molecule has 6 heteroatoms. The van der Waals surface area contributed by atoms with Crippen molar-refractivity contribution in [2.45, 2.75) is 12.8 Å². The number of carbonyl (C=O) groups excluding carboxylic acids is 1. The van der Waals surface area contributed by atoms with Gasteiger partial charge in [0.1, 0.15) is 5.75 Å². The van der Waals surface area contributed by atoms with E-state index in [1.165, 1.54) is 0 Å². The fourth-order valence-corrected chi connectivity index (χ4v) is 2.74. The number of benzene rings is 2. The maximum Gasteiger partial charge on any atom is 0.225 e. The SMILES string of the molecule is COc1ccccc1NC(=O)CCNCCc1ccc(Cl)cc1Cl. The number of rotatable bonds is 8. The van der Waals surface area contributed by atoms with Gasteiger partial charge in [-0.25, -0.2) is 0 Å². The first kappa shape index (κ1) is 18.6. The molecule has 0 saturated carbocycles. The van der Waals surface area contributed by atoms with Gasteiger partial charge in [0.15, 0.2) is 0 Å². The monoisotopic (exact) mass is 366 g/mol. The first-order valence-corrected chi connectivity index (χ1v) is 8.43. The summed E-state index contributed by atoms with van der Waals surface area (Å²) in [7, 11) is 1.58. The smallest absolute Gasteiger partial charge is 0.225 e. The van der Waals surface area contributed by atoms with E-state index >= 15 is 0 Å². The number of nitrogens with one attached hydrogen (secondary N) is 2. The molecule has 0 bridgehead atoms. The molecule has 0 aromatic heterocycles. The number of carbonyl (C=O) groups is 1. The van der Waals surface area contributed by atoms with Crippen molar-refractivity contribution >= 4 is 34.8 Å². The van der Waals surface area contributed by atoms with Gasteiger partial charge in [0.05, 0.1) is 12.8 Å². The Bertz CT molecular complexity index is 692. The quantitative estimate of drug-likeness (QED) is 0.689. The van der Waals surface area contributed by atoms with Gasteiger partial charge in [-0.05, 0) is 42.8 Å². The van der Waals surface area contributed by atoms with Crippen LogP contribution in [-0.4, -0.2) is 26.1 Å². The van der Waals surface area contributed by atoms with Gasteiger partial charge < -0.3 is 15.4 Å². The summed E-state index contributed by atoms with van der Waals surface area (Å²) in [6.07, 6.45) is 1.16. The Balaban J connectivity index is 1.69. The van der Waals surface area contributed by atoms with Crippen LogP contribution in [-0.2, 0) is 11.2 Å². The van der Waals surface area contributed by atoms with Gasteiger partial charge in [-0.15, -0.1) is 0 Å². The van der Waals surface area contributed by atoms with Crippen LogP contribution in [0.15, 0.2) is 42.5 Å². The fourth-order valence-electron chi connectivity index (χ4n) is 2.24. The lowest BCUT2D eigenvalue weighted by atomic mass is 10.1. The Kier molecular flexibility index (Phi) is 7.37. The highest BCUT2D eigenvalue weighted by Crippen LogP contribution is 2.23. The Labute approximate surface area is 152 Å². The highest BCUT2D eigenvalue weighted by Gasteiger charge is 2.06. The van der Waals surface area contributed by atoms with Crippen molar-refractivity contribution in [3.8, 4) is 5.75 Å². The molecule has 2 N–H and O–H groups in total. The zero-order chi connectivity index (χ0) is 17.4. The third kappa shape index (κ3) is 5.71. The molecular formula is C18H20Cl2N2O2. The average molecular weight is 367 g/mol. The molecule has 0 saturated heterocycles. The molecule has 24 heavy (non-hydrogen) atoms. The lowest BCUT2D eigenvalue weighted by Crippen LogP contribution is -2.23. The Hall–Kier alpha value is -1.75. The maximum absolute atomic E-state index is 12.0. The third-order valence-electron chi connectivity index (χ3n) is 3.50. The first-order valence-electron chi connectivity index (χ1n) is 7.67. The van der Waals surface area contributed by atoms with Crippen molar-refractivity contribution in [1.29, 1.82) is 0 Å². The number of halogens is 2. The molecule has 0 radical (unpaired) electrons. The van der Waals surface area contributed by atoms with E-state index in [9.17, 15) is 4.79 Å². The van der Waals surface area contributed by atoms with Crippen molar-refractivity contribution in [2.24, 2.45) is 0 Å². The molecule has 4 nitrogen and oxygen atoms in total. The van der Waals surface area contributed by atoms with E-state index in [2.05, 4.69) is 10.6 Å². The molecule has 2 rings (SSSR count). The van der Waals surface area contributed by atoms with Crippen LogP contribution in [0.5, 0.6) is 5.75 Å². The minimum absolute atomic E-state index is 0.0588. The summed E-state index contributed by atoms with van der Waals surface area (Å²) in [5.74, 6) is 0.590. The molecule has 0 aliphatic rings. The number of para-hydroxylation sites is 2. The summed E-state index contributed by atoms with van der Waals surface area (Å²) in [5, 5.41) is 7.38. The zero-order valence-electron chi connectivity index (χ0n) is 13.4. The van der Waals surface area contributed by atoms with Gasteiger partial charge >= 0.3 is 0 Å². The minimum atomic E-state index is -0.0588. The van der Waals surface area contributed by atoms with Crippen molar-refractivity contribution in [3.05, 3.63) is 58.1 Å².